The van der Waals surface area contributed by atoms with E-state index in [-0.39, 0.29) is 10.8 Å². The third kappa shape index (κ3) is 4.09. The molecule has 0 saturated carbocycles. The van der Waals surface area contributed by atoms with Crippen molar-refractivity contribution in [3.63, 3.8) is 0 Å². The summed E-state index contributed by atoms with van der Waals surface area (Å²) in [6.07, 6.45) is 3.20. The van der Waals surface area contributed by atoms with Gasteiger partial charge in [0.15, 0.2) is 5.82 Å². The zero-order valence-electron chi connectivity index (χ0n) is 21.4. The Morgan fingerprint density at radius 2 is 1.55 bits per heavy atom. The summed E-state index contributed by atoms with van der Waals surface area (Å²) < 4.78 is 19.9. The van der Waals surface area contributed by atoms with Gasteiger partial charge in [0.2, 0.25) is 6.33 Å². The summed E-state index contributed by atoms with van der Waals surface area (Å²) in [6, 6.07) is 15.7. The summed E-state index contributed by atoms with van der Waals surface area (Å²) in [6.45, 7) is 12.6. The van der Waals surface area contributed by atoms with Crippen LogP contribution in [0.15, 0.2) is 48.5 Å². The molecule has 0 unspecified atom stereocenters. The molecule has 0 N–H and O–H groups in total. The highest BCUT2D eigenvalue weighted by Crippen LogP contribution is 2.28. The van der Waals surface area contributed by atoms with Gasteiger partial charge in [-0.3, -0.25) is 0 Å². The zero-order valence-corrected chi connectivity index (χ0v) is 19.4. The fraction of sp³-hybridized carbons (Fsp3) is 0.385. The van der Waals surface area contributed by atoms with Crippen LogP contribution in [0, 0.1) is 6.33 Å². The summed E-state index contributed by atoms with van der Waals surface area (Å²) in [5.74, 6) is 2.16. The van der Waals surface area contributed by atoms with Gasteiger partial charge >= 0.3 is 0 Å². The van der Waals surface area contributed by atoms with Crippen LogP contribution in [-0.4, -0.2) is 19.5 Å². The molecular weight excluding hydrogens is 382 g/mol. The lowest BCUT2D eigenvalue weighted by Gasteiger charge is -2.22. The van der Waals surface area contributed by atoms with E-state index in [0.717, 1.165) is 33.9 Å². The summed E-state index contributed by atoms with van der Waals surface area (Å²) in [5, 5.41) is 0. The van der Waals surface area contributed by atoms with Gasteiger partial charge in [-0.2, -0.15) is 0 Å². The lowest BCUT2D eigenvalue weighted by Crippen LogP contribution is -2.30. The molecule has 31 heavy (non-hydrogen) atoms. The van der Waals surface area contributed by atoms with Crippen molar-refractivity contribution in [1.82, 2.24) is 19.5 Å². The van der Waals surface area contributed by atoms with Crippen LogP contribution in [-0.2, 0) is 17.3 Å². The normalized spacial score (nSPS) is 13.9. The SMILES string of the molecule is [2H]C([2H])(C)[n+]1[c-]n(-c2cccc(-c3nc(C(C)(C)C)nc(C(C)(C)C)n3)c2)c2ccccc21. The monoisotopic (exact) mass is 415 g/mol. The number of nitrogens with zero attached hydrogens (tertiary/aromatic N) is 5. The first-order chi connectivity index (χ1) is 15.2. The highest BCUT2D eigenvalue weighted by molar-refractivity contribution is 5.74. The number of rotatable bonds is 3. The van der Waals surface area contributed by atoms with Gasteiger partial charge in [-0.15, -0.1) is 0 Å². The van der Waals surface area contributed by atoms with E-state index in [0.29, 0.717) is 5.82 Å². The number of hydrogen-bond acceptors (Lipinski definition) is 3. The third-order valence-corrected chi connectivity index (χ3v) is 5.13. The molecule has 0 spiro atoms. The zero-order chi connectivity index (χ0) is 24.2. The maximum absolute atomic E-state index is 8.23. The number of benzene rings is 2. The molecule has 2 aromatic heterocycles. The molecule has 0 aliphatic heterocycles. The standard InChI is InChI=1S/C26H31N5/c1-8-30-17-31(21-15-10-9-14-20(21)30)19-13-11-12-18(16-19)22-27-23(25(2,3)4)29-24(28-22)26(5,6)7/h9-16H,8H2,1-7H3/i8D2. The number of aryl methyl sites for hydroxylation is 1. The molecule has 5 nitrogen and oxygen atoms in total. The first kappa shape index (κ1) is 18.7. The maximum Gasteiger partial charge on any atom is 0.244 e. The lowest BCUT2D eigenvalue weighted by molar-refractivity contribution is -0.672. The Morgan fingerprint density at radius 1 is 0.903 bits per heavy atom. The van der Waals surface area contributed by atoms with Gasteiger partial charge in [0.1, 0.15) is 11.6 Å². The van der Waals surface area contributed by atoms with E-state index in [1.807, 2.05) is 53.1 Å². The second-order valence-corrected chi connectivity index (χ2v) is 9.84. The van der Waals surface area contributed by atoms with Crippen molar-refractivity contribution in [2.24, 2.45) is 0 Å². The third-order valence-electron chi connectivity index (χ3n) is 5.13. The molecule has 160 valence electrons. The maximum atomic E-state index is 8.23. The van der Waals surface area contributed by atoms with Gasteiger partial charge in [-0.25, -0.2) is 15.0 Å². The number of imidazole rings is 1. The first-order valence-corrected chi connectivity index (χ1v) is 10.6. The summed E-state index contributed by atoms with van der Waals surface area (Å²) in [4.78, 5) is 14.4. The number of para-hydroxylation sites is 2. The van der Waals surface area contributed by atoms with Crippen molar-refractivity contribution in [3.8, 4) is 17.1 Å². The van der Waals surface area contributed by atoms with E-state index >= 15 is 0 Å². The Kier molecular flexibility index (Phi) is 4.55. The van der Waals surface area contributed by atoms with E-state index in [9.17, 15) is 0 Å². The largest absolute Gasteiger partial charge is 0.319 e. The molecule has 0 radical (unpaired) electrons. The van der Waals surface area contributed by atoms with Gasteiger partial charge < -0.3 is 9.13 Å². The molecular formula is C26H31N5. The molecule has 2 aromatic carbocycles. The molecule has 0 amide bonds. The van der Waals surface area contributed by atoms with Crippen LogP contribution in [0.1, 0.15) is 62.9 Å². The smallest absolute Gasteiger partial charge is 0.244 e. The van der Waals surface area contributed by atoms with E-state index in [2.05, 4.69) is 47.9 Å². The summed E-state index contributed by atoms with van der Waals surface area (Å²) in [7, 11) is 0. The van der Waals surface area contributed by atoms with E-state index < -0.39 is 6.50 Å². The predicted molar refractivity (Wildman–Crippen MR) is 124 cm³/mol. The van der Waals surface area contributed by atoms with Crippen molar-refractivity contribution in [3.05, 3.63) is 66.5 Å². The first-order valence-electron chi connectivity index (χ1n) is 11.6. The van der Waals surface area contributed by atoms with E-state index in [1.165, 1.54) is 11.5 Å². The van der Waals surface area contributed by atoms with E-state index in [4.69, 9.17) is 17.7 Å². The minimum Gasteiger partial charge on any atom is -0.319 e. The molecule has 0 aliphatic carbocycles. The Morgan fingerprint density at radius 3 is 2.16 bits per heavy atom. The van der Waals surface area contributed by atoms with Crippen LogP contribution < -0.4 is 4.57 Å². The number of fused-ring (bicyclic) bond motifs is 1. The average Bonchev–Trinajstić information content (AvgIpc) is 3.12. The molecule has 0 fully saturated rings. The Bertz CT molecular complexity index is 1290. The summed E-state index contributed by atoms with van der Waals surface area (Å²) >= 11 is 0. The van der Waals surface area contributed by atoms with Crippen LogP contribution in [0.25, 0.3) is 28.1 Å². The molecule has 2 heterocycles. The van der Waals surface area contributed by atoms with E-state index in [1.54, 1.807) is 0 Å². The highest BCUT2D eigenvalue weighted by atomic mass is 15.1. The molecule has 0 atom stereocenters. The fourth-order valence-electron chi connectivity index (χ4n) is 3.38. The van der Waals surface area contributed by atoms with Crippen LogP contribution in [0.3, 0.4) is 0 Å². The Balaban J connectivity index is 1.91. The molecule has 4 aromatic rings. The molecule has 0 saturated heterocycles. The number of hydrogen-bond donors (Lipinski definition) is 0. The van der Waals surface area contributed by atoms with Crippen molar-refractivity contribution in [1.29, 1.82) is 0 Å². The molecule has 4 rings (SSSR count). The number of aromatic nitrogens is 5. The average molecular weight is 416 g/mol. The van der Waals surface area contributed by atoms with Crippen LogP contribution in [0.2, 0.25) is 0 Å². The molecule has 0 aliphatic rings. The Hall–Kier alpha value is -3.08. The predicted octanol–water partition coefficient (Wildman–Crippen LogP) is 5.19. The minimum atomic E-state index is -1.58. The topological polar surface area (TPSA) is 47.5 Å². The van der Waals surface area contributed by atoms with Gasteiger partial charge in [-0.05, 0) is 13.0 Å². The van der Waals surface area contributed by atoms with Crippen LogP contribution in [0.5, 0.6) is 0 Å². The minimum absolute atomic E-state index is 0.210. The Labute approximate surface area is 187 Å². The van der Waals surface area contributed by atoms with Crippen molar-refractivity contribution < 1.29 is 7.31 Å². The highest BCUT2D eigenvalue weighted by Gasteiger charge is 2.25. The second kappa shape index (κ2) is 7.56. The van der Waals surface area contributed by atoms with Crippen molar-refractivity contribution in [2.75, 3.05) is 0 Å². The van der Waals surface area contributed by atoms with Crippen LogP contribution >= 0.6 is 0 Å². The van der Waals surface area contributed by atoms with Crippen molar-refractivity contribution >= 4 is 11.0 Å². The van der Waals surface area contributed by atoms with Gasteiger partial charge in [0.25, 0.3) is 0 Å². The molecule has 0 bridgehead atoms. The van der Waals surface area contributed by atoms with Crippen molar-refractivity contribution in [2.45, 2.75) is 65.8 Å². The molecule has 5 heteroatoms. The van der Waals surface area contributed by atoms with Gasteiger partial charge in [-0.1, -0.05) is 84.0 Å². The van der Waals surface area contributed by atoms with Gasteiger partial charge in [0, 0.05) is 16.4 Å². The lowest BCUT2D eigenvalue weighted by atomic mass is 9.93. The fourth-order valence-corrected chi connectivity index (χ4v) is 3.38. The van der Waals surface area contributed by atoms with Gasteiger partial charge in [0.05, 0.1) is 26.0 Å². The quantitative estimate of drug-likeness (QED) is 0.342. The summed E-state index contributed by atoms with van der Waals surface area (Å²) in [5.41, 5.74) is 2.97. The second-order valence-electron chi connectivity index (χ2n) is 9.84. The van der Waals surface area contributed by atoms with Crippen LogP contribution in [0.4, 0.5) is 0 Å².